The van der Waals surface area contributed by atoms with Crippen LogP contribution in [0.25, 0.3) is 0 Å². The maximum Gasteiger partial charge on any atom is 0.233 e. The second-order valence-corrected chi connectivity index (χ2v) is 4.48. The van der Waals surface area contributed by atoms with Crippen LogP contribution in [0.3, 0.4) is 0 Å². The van der Waals surface area contributed by atoms with Crippen LogP contribution in [0.4, 0.5) is 5.69 Å². The van der Waals surface area contributed by atoms with Crippen LogP contribution in [0.5, 0.6) is 0 Å². The second kappa shape index (κ2) is 4.67. The van der Waals surface area contributed by atoms with Crippen molar-refractivity contribution in [2.24, 2.45) is 5.41 Å². The normalized spacial score (nSPS) is 11.2. The van der Waals surface area contributed by atoms with E-state index >= 15 is 0 Å². The van der Waals surface area contributed by atoms with Gasteiger partial charge in [0.15, 0.2) is 0 Å². The molecule has 0 aliphatic rings. The Labute approximate surface area is 95.8 Å². The van der Waals surface area contributed by atoms with Crippen molar-refractivity contribution in [2.75, 3.05) is 17.8 Å². The fourth-order valence-corrected chi connectivity index (χ4v) is 1.39. The fraction of sp³-hybridized carbons (Fsp3) is 0.417. The average molecular weight is 226 g/mol. The van der Waals surface area contributed by atoms with Crippen molar-refractivity contribution in [2.45, 2.75) is 13.8 Å². The van der Waals surface area contributed by atoms with Crippen LogP contribution >= 0.6 is 11.6 Å². The summed E-state index contributed by atoms with van der Waals surface area (Å²) in [6.07, 6.45) is 0. The molecule has 1 aromatic rings. The first-order chi connectivity index (χ1) is 6.99. The van der Waals surface area contributed by atoms with Crippen molar-refractivity contribution in [3.63, 3.8) is 0 Å². The number of para-hydroxylation sites is 1. The molecule has 0 N–H and O–H groups in total. The van der Waals surface area contributed by atoms with Crippen molar-refractivity contribution in [3.05, 3.63) is 30.3 Å². The molecule has 0 aromatic heterocycles. The van der Waals surface area contributed by atoms with Gasteiger partial charge in [0.1, 0.15) is 0 Å². The van der Waals surface area contributed by atoms with Crippen LogP contribution < -0.4 is 4.90 Å². The van der Waals surface area contributed by atoms with E-state index in [1.54, 1.807) is 11.9 Å². The van der Waals surface area contributed by atoms with Crippen LogP contribution in [-0.2, 0) is 4.79 Å². The topological polar surface area (TPSA) is 20.3 Å². The lowest BCUT2D eigenvalue weighted by Crippen LogP contribution is -2.39. The first kappa shape index (κ1) is 12.1. The Kier molecular flexibility index (Phi) is 3.75. The molecule has 0 radical (unpaired) electrons. The molecule has 0 aliphatic heterocycles. The third kappa shape index (κ3) is 2.72. The van der Waals surface area contributed by atoms with Gasteiger partial charge in [-0.25, -0.2) is 0 Å². The van der Waals surface area contributed by atoms with E-state index in [1.807, 2.05) is 44.2 Å². The van der Waals surface area contributed by atoms with Crippen LogP contribution in [0.1, 0.15) is 13.8 Å². The van der Waals surface area contributed by atoms with Gasteiger partial charge < -0.3 is 4.90 Å². The summed E-state index contributed by atoms with van der Waals surface area (Å²) in [5.41, 5.74) is 0.368. The molecule has 3 heteroatoms. The third-order valence-electron chi connectivity index (χ3n) is 2.36. The van der Waals surface area contributed by atoms with E-state index < -0.39 is 5.41 Å². The largest absolute Gasteiger partial charge is 0.315 e. The fourth-order valence-electron chi connectivity index (χ4n) is 1.28. The molecular formula is C12H16ClNO. The van der Waals surface area contributed by atoms with E-state index in [9.17, 15) is 4.79 Å². The molecule has 0 aliphatic carbocycles. The van der Waals surface area contributed by atoms with E-state index in [0.29, 0.717) is 5.88 Å². The van der Waals surface area contributed by atoms with Crippen LogP contribution in [0.15, 0.2) is 30.3 Å². The van der Waals surface area contributed by atoms with E-state index in [4.69, 9.17) is 11.6 Å². The lowest BCUT2D eigenvalue weighted by atomic mass is 9.94. The van der Waals surface area contributed by atoms with Crippen molar-refractivity contribution in [1.82, 2.24) is 0 Å². The van der Waals surface area contributed by atoms with Gasteiger partial charge in [-0.05, 0) is 26.0 Å². The van der Waals surface area contributed by atoms with Gasteiger partial charge >= 0.3 is 0 Å². The zero-order chi connectivity index (χ0) is 11.5. The number of hydrogen-bond donors (Lipinski definition) is 0. The van der Waals surface area contributed by atoms with Gasteiger partial charge in [-0.3, -0.25) is 4.79 Å². The maximum absolute atomic E-state index is 12.0. The van der Waals surface area contributed by atoms with E-state index in [2.05, 4.69) is 0 Å². The highest BCUT2D eigenvalue weighted by molar-refractivity contribution is 6.20. The molecule has 0 saturated heterocycles. The number of hydrogen-bond acceptors (Lipinski definition) is 1. The highest BCUT2D eigenvalue weighted by Crippen LogP contribution is 2.23. The summed E-state index contributed by atoms with van der Waals surface area (Å²) >= 11 is 5.77. The van der Waals surface area contributed by atoms with Crippen LogP contribution in [0, 0.1) is 5.41 Å². The SMILES string of the molecule is CN(C(=O)C(C)(C)CCl)c1ccccc1. The number of nitrogens with zero attached hydrogens (tertiary/aromatic N) is 1. The minimum absolute atomic E-state index is 0.0312. The number of amides is 1. The minimum Gasteiger partial charge on any atom is -0.315 e. The standard InChI is InChI=1S/C12H16ClNO/c1-12(2,9-13)11(15)14(3)10-7-5-4-6-8-10/h4-8H,9H2,1-3H3. The maximum atomic E-state index is 12.0. The lowest BCUT2D eigenvalue weighted by Gasteiger charge is -2.27. The molecule has 2 nitrogen and oxygen atoms in total. The van der Waals surface area contributed by atoms with Gasteiger partial charge in [0.05, 0.1) is 5.41 Å². The van der Waals surface area contributed by atoms with Crippen molar-refractivity contribution < 1.29 is 4.79 Å². The number of carbonyl (C=O) groups is 1. The van der Waals surface area contributed by atoms with E-state index in [-0.39, 0.29) is 5.91 Å². The summed E-state index contributed by atoms with van der Waals surface area (Å²) in [6, 6.07) is 9.55. The molecule has 15 heavy (non-hydrogen) atoms. The summed E-state index contributed by atoms with van der Waals surface area (Å²) < 4.78 is 0. The Hall–Kier alpha value is -1.02. The van der Waals surface area contributed by atoms with Crippen molar-refractivity contribution >= 4 is 23.2 Å². The molecule has 1 amide bonds. The average Bonchev–Trinajstić information content (AvgIpc) is 2.28. The Morgan fingerprint density at radius 1 is 1.33 bits per heavy atom. The predicted molar refractivity (Wildman–Crippen MR) is 64.4 cm³/mol. The number of anilines is 1. The molecule has 82 valence electrons. The monoisotopic (exact) mass is 225 g/mol. The summed E-state index contributed by atoms with van der Waals surface area (Å²) in [4.78, 5) is 13.7. The predicted octanol–water partition coefficient (Wildman–Crippen LogP) is 2.91. The number of halogens is 1. The molecule has 0 fully saturated rings. The number of alkyl halides is 1. The Balaban J connectivity index is 2.87. The van der Waals surface area contributed by atoms with Crippen molar-refractivity contribution in [3.8, 4) is 0 Å². The molecule has 0 atom stereocenters. The Bertz CT molecular complexity index is 335. The van der Waals surface area contributed by atoms with Gasteiger partial charge in [-0.1, -0.05) is 18.2 Å². The number of benzene rings is 1. The second-order valence-electron chi connectivity index (χ2n) is 4.22. The first-order valence-corrected chi connectivity index (χ1v) is 5.41. The molecular weight excluding hydrogens is 210 g/mol. The number of rotatable bonds is 3. The van der Waals surface area contributed by atoms with Gasteiger partial charge in [-0.15, -0.1) is 11.6 Å². The first-order valence-electron chi connectivity index (χ1n) is 4.88. The quantitative estimate of drug-likeness (QED) is 0.725. The van der Waals surface area contributed by atoms with Gasteiger partial charge in [0, 0.05) is 18.6 Å². The third-order valence-corrected chi connectivity index (χ3v) is 3.03. The summed E-state index contributed by atoms with van der Waals surface area (Å²) in [5, 5.41) is 0. The molecule has 0 bridgehead atoms. The lowest BCUT2D eigenvalue weighted by molar-refractivity contribution is -0.125. The van der Waals surface area contributed by atoms with Gasteiger partial charge in [0.2, 0.25) is 5.91 Å². The summed E-state index contributed by atoms with van der Waals surface area (Å²) in [5.74, 6) is 0.354. The van der Waals surface area contributed by atoms with E-state index in [0.717, 1.165) is 5.69 Å². The number of carbonyl (C=O) groups excluding carboxylic acids is 1. The Morgan fingerprint density at radius 2 is 1.87 bits per heavy atom. The summed E-state index contributed by atoms with van der Waals surface area (Å²) in [6.45, 7) is 3.70. The molecule has 0 saturated carbocycles. The minimum atomic E-state index is -0.522. The van der Waals surface area contributed by atoms with Crippen molar-refractivity contribution in [1.29, 1.82) is 0 Å². The molecule has 0 unspecified atom stereocenters. The van der Waals surface area contributed by atoms with Gasteiger partial charge in [-0.2, -0.15) is 0 Å². The molecule has 1 rings (SSSR count). The van der Waals surface area contributed by atoms with Gasteiger partial charge in [0.25, 0.3) is 0 Å². The molecule has 0 spiro atoms. The highest BCUT2D eigenvalue weighted by atomic mass is 35.5. The molecule has 0 heterocycles. The Morgan fingerprint density at radius 3 is 2.33 bits per heavy atom. The van der Waals surface area contributed by atoms with E-state index in [1.165, 1.54) is 0 Å². The summed E-state index contributed by atoms with van der Waals surface area (Å²) in [7, 11) is 1.77. The zero-order valence-electron chi connectivity index (χ0n) is 9.33. The highest BCUT2D eigenvalue weighted by Gasteiger charge is 2.29. The zero-order valence-corrected chi connectivity index (χ0v) is 10.1. The van der Waals surface area contributed by atoms with Crippen LogP contribution in [-0.4, -0.2) is 18.8 Å². The smallest absolute Gasteiger partial charge is 0.233 e. The molecule has 1 aromatic carbocycles. The van der Waals surface area contributed by atoms with Crippen LogP contribution in [0.2, 0.25) is 0 Å².